The molecule has 0 bridgehead atoms. The lowest BCUT2D eigenvalue weighted by Crippen LogP contribution is -2.49. The molecule has 1 atom stereocenters. The van der Waals surface area contributed by atoms with E-state index in [0.29, 0.717) is 29.0 Å². The number of carbonyl (C=O) groups is 2. The summed E-state index contributed by atoms with van der Waals surface area (Å²) in [5, 5.41) is 13.2. The number of fused-ring (bicyclic) bond motifs is 2. The van der Waals surface area contributed by atoms with Crippen LogP contribution in [0, 0.1) is 0 Å². The van der Waals surface area contributed by atoms with Gasteiger partial charge in [-0.2, -0.15) is 0 Å². The van der Waals surface area contributed by atoms with Crippen LogP contribution in [0.5, 0.6) is 5.75 Å². The zero-order valence-corrected chi connectivity index (χ0v) is 16.6. The summed E-state index contributed by atoms with van der Waals surface area (Å²) in [5.41, 5.74) is 3.21. The van der Waals surface area contributed by atoms with E-state index in [4.69, 9.17) is 4.74 Å². The van der Waals surface area contributed by atoms with Crippen LogP contribution in [0.2, 0.25) is 0 Å². The summed E-state index contributed by atoms with van der Waals surface area (Å²) in [6.07, 6.45) is 3.25. The molecule has 0 unspecified atom stereocenters. The Bertz CT molecular complexity index is 1260. The average Bonchev–Trinajstić information content (AvgIpc) is 3.42. The summed E-state index contributed by atoms with van der Waals surface area (Å²) in [4.78, 5) is 31.3. The van der Waals surface area contributed by atoms with Gasteiger partial charge in [0.15, 0.2) is 0 Å². The molecule has 1 aliphatic rings. The van der Waals surface area contributed by atoms with Crippen molar-refractivity contribution in [1.82, 2.24) is 30.3 Å². The van der Waals surface area contributed by atoms with Crippen molar-refractivity contribution in [3.8, 4) is 5.75 Å². The van der Waals surface area contributed by atoms with E-state index in [1.807, 2.05) is 34.9 Å². The zero-order chi connectivity index (χ0) is 21.4. The van der Waals surface area contributed by atoms with Crippen LogP contribution in [0.4, 0.5) is 5.69 Å². The number of imidazole rings is 1. The fourth-order valence-electron chi connectivity index (χ4n) is 3.53. The van der Waals surface area contributed by atoms with Crippen LogP contribution in [0.1, 0.15) is 16.1 Å². The zero-order valence-electron chi connectivity index (χ0n) is 16.6. The number of anilines is 1. The number of benzene rings is 2. The Morgan fingerprint density at radius 1 is 1.29 bits per heavy atom. The van der Waals surface area contributed by atoms with Crippen molar-refractivity contribution in [2.45, 2.75) is 12.6 Å². The molecule has 2 aromatic heterocycles. The molecule has 0 radical (unpaired) electrons. The molecule has 156 valence electrons. The molecule has 5 rings (SSSR count). The molecule has 0 spiro atoms. The number of amides is 2. The maximum absolute atomic E-state index is 13.0. The first kappa shape index (κ1) is 18.8. The molecule has 4 aromatic rings. The normalized spacial score (nSPS) is 16.0. The van der Waals surface area contributed by atoms with E-state index in [1.165, 1.54) is 4.90 Å². The second-order valence-corrected chi connectivity index (χ2v) is 7.30. The Morgan fingerprint density at radius 3 is 2.97 bits per heavy atom. The first-order valence-electron chi connectivity index (χ1n) is 9.70. The second kappa shape index (κ2) is 7.56. The number of aromatic nitrogens is 5. The maximum atomic E-state index is 13.0. The smallest absolute Gasteiger partial charge is 0.272 e. The highest BCUT2D eigenvalue weighted by Crippen LogP contribution is 2.33. The highest BCUT2D eigenvalue weighted by molar-refractivity contribution is 6.03. The summed E-state index contributed by atoms with van der Waals surface area (Å²) >= 11 is 0. The predicted octanol–water partition coefficient (Wildman–Crippen LogP) is 1.36. The molecular weight excluding hydrogens is 398 g/mol. The Kier molecular flexibility index (Phi) is 4.58. The van der Waals surface area contributed by atoms with E-state index in [-0.39, 0.29) is 18.2 Å². The number of hydrogen-bond donors (Lipinski definition) is 2. The molecule has 31 heavy (non-hydrogen) atoms. The van der Waals surface area contributed by atoms with E-state index in [0.717, 1.165) is 5.56 Å². The first-order chi connectivity index (χ1) is 15.1. The number of nitrogens with zero attached hydrogens (tertiary/aromatic N) is 5. The topological polar surface area (TPSA) is 118 Å². The summed E-state index contributed by atoms with van der Waals surface area (Å²) in [7, 11) is 1.63. The molecule has 2 aromatic carbocycles. The van der Waals surface area contributed by atoms with Gasteiger partial charge in [0.1, 0.15) is 29.6 Å². The van der Waals surface area contributed by atoms with Crippen molar-refractivity contribution in [2.24, 2.45) is 0 Å². The molecule has 2 N–H and O–H groups in total. The highest BCUT2D eigenvalue weighted by atomic mass is 16.5. The fourth-order valence-corrected chi connectivity index (χ4v) is 3.53. The van der Waals surface area contributed by atoms with E-state index in [2.05, 4.69) is 25.7 Å². The van der Waals surface area contributed by atoms with Gasteiger partial charge in [-0.25, -0.2) is 4.98 Å². The molecular formula is C21H19N7O3. The maximum Gasteiger partial charge on any atom is 0.272 e. The largest absolute Gasteiger partial charge is 0.489 e. The second-order valence-electron chi connectivity index (χ2n) is 7.30. The van der Waals surface area contributed by atoms with Crippen LogP contribution in [0.15, 0.2) is 55.0 Å². The van der Waals surface area contributed by atoms with Gasteiger partial charge in [-0.05, 0) is 11.6 Å². The SMILES string of the molecule is CN1C(=O)[C@@H](NC(=O)c2cn(Cc3ccccc3)cn2)COc2cc3[nH]nnc3cc21. The summed E-state index contributed by atoms with van der Waals surface area (Å²) in [6, 6.07) is 12.5. The van der Waals surface area contributed by atoms with Crippen molar-refractivity contribution in [2.75, 3.05) is 18.6 Å². The summed E-state index contributed by atoms with van der Waals surface area (Å²) < 4.78 is 7.64. The van der Waals surface area contributed by atoms with Crippen LogP contribution in [-0.2, 0) is 11.3 Å². The minimum absolute atomic E-state index is 0.000288. The van der Waals surface area contributed by atoms with Gasteiger partial charge in [-0.3, -0.25) is 14.7 Å². The Morgan fingerprint density at radius 2 is 2.13 bits per heavy atom. The number of H-pyrrole nitrogens is 1. The number of aromatic amines is 1. The Hall–Kier alpha value is -4.21. The van der Waals surface area contributed by atoms with Gasteiger partial charge in [-0.15, -0.1) is 5.10 Å². The standard InChI is InChI=1S/C21H19N7O3/c1-27-18-7-14-15(25-26-24-14)8-19(18)31-11-17(21(27)30)23-20(29)16-10-28(12-22-16)9-13-5-3-2-4-6-13/h2-8,10,12,17H,9,11H2,1H3,(H,23,29)(H,24,25,26)/t17-/m0/s1. The van der Waals surface area contributed by atoms with Crippen molar-refractivity contribution in [3.63, 3.8) is 0 Å². The van der Waals surface area contributed by atoms with Crippen LogP contribution in [0.3, 0.4) is 0 Å². The first-order valence-corrected chi connectivity index (χ1v) is 9.70. The van der Waals surface area contributed by atoms with Crippen molar-refractivity contribution >= 4 is 28.5 Å². The van der Waals surface area contributed by atoms with E-state index in [1.54, 1.807) is 31.7 Å². The molecule has 10 heteroatoms. The van der Waals surface area contributed by atoms with Crippen molar-refractivity contribution < 1.29 is 14.3 Å². The van der Waals surface area contributed by atoms with Crippen LogP contribution in [0.25, 0.3) is 11.0 Å². The quantitative estimate of drug-likeness (QED) is 0.518. The molecule has 3 heterocycles. The molecule has 1 aliphatic heterocycles. The number of ether oxygens (including phenoxy) is 1. The molecule has 0 saturated carbocycles. The molecule has 0 fully saturated rings. The molecule has 0 saturated heterocycles. The monoisotopic (exact) mass is 417 g/mol. The third-order valence-corrected chi connectivity index (χ3v) is 5.18. The number of rotatable bonds is 4. The third kappa shape index (κ3) is 3.59. The van der Waals surface area contributed by atoms with Gasteiger partial charge in [0.25, 0.3) is 11.8 Å². The van der Waals surface area contributed by atoms with E-state index < -0.39 is 11.9 Å². The lowest BCUT2D eigenvalue weighted by Gasteiger charge is -2.20. The molecule has 2 amide bonds. The van der Waals surface area contributed by atoms with Gasteiger partial charge in [0, 0.05) is 25.9 Å². The number of hydrogen-bond acceptors (Lipinski definition) is 6. The minimum atomic E-state index is -0.853. The lowest BCUT2D eigenvalue weighted by molar-refractivity contribution is -0.120. The fraction of sp³-hybridized carbons (Fsp3) is 0.190. The van der Waals surface area contributed by atoms with E-state index in [9.17, 15) is 9.59 Å². The van der Waals surface area contributed by atoms with Crippen LogP contribution >= 0.6 is 0 Å². The Labute approximate surface area is 176 Å². The highest BCUT2D eigenvalue weighted by Gasteiger charge is 2.31. The Balaban J connectivity index is 1.31. The minimum Gasteiger partial charge on any atom is -0.489 e. The van der Waals surface area contributed by atoms with Crippen LogP contribution < -0.4 is 15.0 Å². The predicted molar refractivity (Wildman–Crippen MR) is 112 cm³/mol. The summed E-state index contributed by atoms with van der Waals surface area (Å²) in [6.45, 7) is 0.598. The van der Waals surface area contributed by atoms with Gasteiger partial charge in [0.2, 0.25) is 0 Å². The van der Waals surface area contributed by atoms with Gasteiger partial charge in [-0.1, -0.05) is 35.5 Å². The number of carbonyl (C=O) groups excluding carboxylic acids is 2. The number of likely N-dealkylation sites (N-methyl/N-ethyl adjacent to an activating group) is 1. The number of nitrogens with one attached hydrogen (secondary N) is 2. The van der Waals surface area contributed by atoms with Crippen molar-refractivity contribution in [3.05, 3.63) is 66.2 Å². The van der Waals surface area contributed by atoms with Gasteiger partial charge < -0.3 is 19.5 Å². The van der Waals surface area contributed by atoms with Crippen LogP contribution in [-0.4, -0.2) is 56.5 Å². The molecule has 10 nitrogen and oxygen atoms in total. The van der Waals surface area contributed by atoms with Gasteiger partial charge >= 0.3 is 0 Å². The van der Waals surface area contributed by atoms with Crippen molar-refractivity contribution in [1.29, 1.82) is 0 Å². The average molecular weight is 417 g/mol. The van der Waals surface area contributed by atoms with E-state index >= 15 is 0 Å². The lowest BCUT2D eigenvalue weighted by atomic mass is 10.2. The molecule has 0 aliphatic carbocycles. The summed E-state index contributed by atoms with van der Waals surface area (Å²) in [5.74, 6) is -0.219. The van der Waals surface area contributed by atoms with Gasteiger partial charge in [0.05, 0.1) is 17.5 Å². The third-order valence-electron chi connectivity index (χ3n) is 5.18.